The van der Waals surface area contributed by atoms with Crippen molar-refractivity contribution in [3.05, 3.63) is 53.3 Å². The molecule has 192 valence electrons. The lowest BCUT2D eigenvalue weighted by Crippen LogP contribution is -2.63. The van der Waals surface area contributed by atoms with Gasteiger partial charge in [0.05, 0.1) is 36.0 Å². The van der Waals surface area contributed by atoms with Crippen LogP contribution in [-0.4, -0.2) is 58.2 Å². The van der Waals surface area contributed by atoms with Crippen molar-refractivity contribution in [1.82, 2.24) is 25.3 Å². The smallest absolute Gasteiger partial charge is 0.349 e. The van der Waals surface area contributed by atoms with Gasteiger partial charge >= 0.3 is 6.18 Å². The van der Waals surface area contributed by atoms with Crippen molar-refractivity contribution in [3.63, 3.8) is 0 Å². The quantitative estimate of drug-likeness (QED) is 0.595. The zero-order valence-corrected chi connectivity index (χ0v) is 20.1. The number of halogens is 3. The van der Waals surface area contributed by atoms with Gasteiger partial charge < -0.3 is 10.6 Å². The molecule has 2 amide bonds. The van der Waals surface area contributed by atoms with Gasteiger partial charge in [-0.2, -0.15) is 18.3 Å². The molecule has 1 aliphatic heterocycles. The predicted molar refractivity (Wildman–Crippen MR) is 128 cm³/mol. The maximum Gasteiger partial charge on any atom is 0.416 e. The minimum absolute atomic E-state index is 0.00602. The number of carbonyl (C=O) groups excluding carboxylic acids is 2. The number of likely N-dealkylation sites (tertiary alicyclic amines) is 1. The maximum atomic E-state index is 12.8. The summed E-state index contributed by atoms with van der Waals surface area (Å²) in [4.78, 5) is 26.7. The third kappa shape index (κ3) is 6.46. The van der Waals surface area contributed by atoms with Gasteiger partial charge in [0.2, 0.25) is 5.91 Å². The first kappa shape index (κ1) is 25.8. The molecule has 2 aromatic rings. The second kappa shape index (κ2) is 11.2. The van der Waals surface area contributed by atoms with Gasteiger partial charge in [-0.15, -0.1) is 0 Å². The van der Waals surface area contributed by atoms with Gasteiger partial charge in [0, 0.05) is 37.3 Å². The van der Waals surface area contributed by atoms with E-state index in [0.29, 0.717) is 12.1 Å². The molecular weight excluding hydrogens is 471 g/mol. The number of amides is 2. The van der Waals surface area contributed by atoms with Crippen LogP contribution in [0, 0.1) is 11.8 Å². The number of alkyl halides is 3. The average molecular weight is 502 g/mol. The molecule has 1 saturated carbocycles. The number of nitrogens with zero attached hydrogens (tertiary/aromatic N) is 3. The van der Waals surface area contributed by atoms with Crippen molar-refractivity contribution in [2.45, 2.75) is 63.3 Å². The van der Waals surface area contributed by atoms with E-state index in [0.717, 1.165) is 62.9 Å². The van der Waals surface area contributed by atoms with Gasteiger partial charge in [-0.05, 0) is 43.9 Å². The molecule has 1 aliphatic carbocycles. The molecule has 2 aliphatic rings. The number of aromatic nitrogens is 2. The summed E-state index contributed by atoms with van der Waals surface area (Å²) in [7, 11) is 0. The van der Waals surface area contributed by atoms with Crippen LogP contribution in [-0.2, 0) is 11.0 Å². The Morgan fingerprint density at radius 1 is 1.14 bits per heavy atom. The van der Waals surface area contributed by atoms with Gasteiger partial charge in [-0.25, -0.2) is 0 Å². The van der Waals surface area contributed by atoms with Crippen LogP contribution >= 0.6 is 0 Å². The normalized spacial score (nSPS) is 20.7. The van der Waals surface area contributed by atoms with E-state index in [1.54, 1.807) is 0 Å². The summed E-state index contributed by atoms with van der Waals surface area (Å²) in [6, 6.07) is 5.00. The van der Waals surface area contributed by atoms with Crippen LogP contribution in [0.4, 0.5) is 13.2 Å². The van der Waals surface area contributed by atoms with E-state index in [1.807, 2.05) is 24.0 Å². The molecule has 0 spiro atoms. The first-order valence-corrected chi connectivity index (χ1v) is 12.2. The van der Waals surface area contributed by atoms with Crippen LogP contribution in [0.25, 0.3) is 0 Å². The standard InChI is InChI=1S/C26H30F3N5O2/c1-2-3-5-18-13-31-34(15-18)23-10-8-22(9-11-23)33-16-21(17-33)32-24(35)14-30-25(36)19-6-4-7-20(12-19)26(27,28)29/h4,6-7,12-13,15,21-23H,2,8-11,14,16-17H2,1H3,(H,30,36)(H,32,35). The van der Waals surface area contributed by atoms with Crippen LogP contribution in [0.1, 0.15) is 66.6 Å². The monoisotopic (exact) mass is 501 g/mol. The summed E-state index contributed by atoms with van der Waals surface area (Å²) in [6.45, 7) is 3.24. The zero-order valence-electron chi connectivity index (χ0n) is 20.1. The topological polar surface area (TPSA) is 79.3 Å². The minimum Gasteiger partial charge on any atom is -0.349 e. The Balaban J connectivity index is 1.15. The van der Waals surface area contributed by atoms with Gasteiger partial charge in [0.1, 0.15) is 0 Å². The van der Waals surface area contributed by atoms with E-state index in [9.17, 15) is 22.8 Å². The Labute approximate surface area is 208 Å². The molecule has 0 unspecified atom stereocenters. The Bertz CT molecular complexity index is 1140. The average Bonchev–Trinajstić information content (AvgIpc) is 3.32. The number of hydrogen-bond acceptors (Lipinski definition) is 4. The summed E-state index contributed by atoms with van der Waals surface area (Å²) in [6.07, 6.45) is 4.35. The molecule has 4 rings (SSSR count). The molecule has 7 nitrogen and oxygen atoms in total. The predicted octanol–water partition coefficient (Wildman–Crippen LogP) is 3.38. The molecule has 2 fully saturated rings. The molecular formula is C26H30F3N5O2. The Morgan fingerprint density at radius 3 is 2.56 bits per heavy atom. The fourth-order valence-electron chi connectivity index (χ4n) is 4.76. The van der Waals surface area contributed by atoms with E-state index in [4.69, 9.17) is 0 Å². The SMILES string of the molecule is CCC#Cc1cnn(C2CCC(N3CC(NC(=O)CNC(=O)c4cccc(C(F)(F)F)c4)C3)CC2)c1. The Morgan fingerprint density at radius 2 is 1.86 bits per heavy atom. The van der Waals surface area contributed by atoms with E-state index in [2.05, 4.69) is 32.5 Å². The highest BCUT2D eigenvalue weighted by Gasteiger charge is 2.35. The third-order valence-corrected chi connectivity index (χ3v) is 6.70. The molecule has 1 aromatic carbocycles. The van der Waals surface area contributed by atoms with E-state index in [1.165, 1.54) is 12.1 Å². The molecule has 0 bridgehead atoms. The van der Waals surface area contributed by atoms with Crippen molar-refractivity contribution in [2.24, 2.45) is 0 Å². The summed E-state index contributed by atoms with van der Waals surface area (Å²) in [5, 5.41) is 9.75. The Hall–Kier alpha value is -3.32. The van der Waals surface area contributed by atoms with Gasteiger partial charge in [-0.1, -0.05) is 24.8 Å². The first-order chi connectivity index (χ1) is 17.2. The van der Waals surface area contributed by atoms with Crippen LogP contribution in [0.2, 0.25) is 0 Å². The number of hydrogen-bond donors (Lipinski definition) is 2. The molecule has 0 radical (unpaired) electrons. The molecule has 2 N–H and O–H groups in total. The molecule has 36 heavy (non-hydrogen) atoms. The lowest BCUT2D eigenvalue weighted by Gasteiger charge is -2.46. The van der Waals surface area contributed by atoms with E-state index < -0.39 is 17.6 Å². The fourth-order valence-corrected chi connectivity index (χ4v) is 4.76. The summed E-state index contributed by atoms with van der Waals surface area (Å²) >= 11 is 0. The lowest BCUT2D eigenvalue weighted by molar-refractivity contribution is -0.137. The minimum atomic E-state index is -4.53. The van der Waals surface area contributed by atoms with Crippen molar-refractivity contribution >= 4 is 11.8 Å². The molecule has 10 heteroatoms. The first-order valence-electron chi connectivity index (χ1n) is 12.2. The summed E-state index contributed by atoms with van der Waals surface area (Å²) in [5.74, 6) is 5.10. The highest BCUT2D eigenvalue weighted by molar-refractivity contribution is 5.96. The fraction of sp³-hybridized carbons (Fsp3) is 0.500. The largest absolute Gasteiger partial charge is 0.416 e. The summed E-state index contributed by atoms with van der Waals surface area (Å²) < 4.78 is 40.5. The lowest BCUT2D eigenvalue weighted by atomic mass is 9.88. The zero-order chi connectivity index (χ0) is 25.7. The van der Waals surface area contributed by atoms with Gasteiger partial charge in [0.25, 0.3) is 5.91 Å². The highest BCUT2D eigenvalue weighted by Crippen LogP contribution is 2.33. The molecule has 1 aromatic heterocycles. The van der Waals surface area contributed by atoms with Crippen molar-refractivity contribution < 1.29 is 22.8 Å². The highest BCUT2D eigenvalue weighted by atomic mass is 19.4. The van der Waals surface area contributed by atoms with E-state index in [-0.39, 0.29) is 24.1 Å². The molecule has 1 saturated heterocycles. The second-order valence-electron chi connectivity index (χ2n) is 9.31. The Kier molecular flexibility index (Phi) is 7.99. The van der Waals surface area contributed by atoms with Crippen molar-refractivity contribution in [3.8, 4) is 11.8 Å². The number of rotatable bonds is 6. The number of nitrogens with one attached hydrogen (secondary N) is 2. The van der Waals surface area contributed by atoms with Crippen molar-refractivity contribution in [1.29, 1.82) is 0 Å². The van der Waals surface area contributed by atoms with Gasteiger partial charge in [-0.3, -0.25) is 19.2 Å². The summed E-state index contributed by atoms with van der Waals surface area (Å²) in [5.41, 5.74) is -0.0894. The number of carbonyl (C=O) groups is 2. The van der Waals surface area contributed by atoms with Crippen LogP contribution < -0.4 is 10.6 Å². The van der Waals surface area contributed by atoms with Crippen LogP contribution in [0.15, 0.2) is 36.7 Å². The maximum absolute atomic E-state index is 12.8. The number of benzene rings is 1. The second-order valence-corrected chi connectivity index (χ2v) is 9.31. The molecule has 0 atom stereocenters. The van der Waals surface area contributed by atoms with Gasteiger partial charge in [0.15, 0.2) is 0 Å². The van der Waals surface area contributed by atoms with Crippen LogP contribution in [0.3, 0.4) is 0 Å². The molecule has 2 heterocycles. The van der Waals surface area contributed by atoms with Crippen LogP contribution in [0.5, 0.6) is 0 Å². The van der Waals surface area contributed by atoms with Crippen molar-refractivity contribution in [2.75, 3.05) is 19.6 Å². The third-order valence-electron chi connectivity index (χ3n) is 6.70. The van der Waals surface area contributed by atoms with E-state index >= 15 is 0 Å².